The van der Waals surface area contributed by atoms with Crippen LogP contribution in [0.3, 0.4) is 0 Å². The summed E-state index contributed by atoms with van der Waals surface area (Å²) >= 11 is 5.86. The first-order valence-corrected chi connectivity index (χ1v) is 6.27. The van der Waals surface area contributed by atoms with Crippen LogP contribution in [0.4, 0.5) is 5.69 Å². The van der Waals surface area contributed by atoms with Crippen molar-refractivity contribution in [2.45, 2.75) is 12.8 Å². The molecule has 96 valence electrons. The van der Waals surface area contributed by atoms with Crippen molar-refractivity contribution in [2.24, 2.45) is 5.10 Å². The van der Waals surface area contributed by atoms with Crippen LogP contribution in [0.1, 0.15) is 17.5 Å². The molecule has 1 aliphatic rings. The van der Waals surface area contributed by atoms with E-state index in [1.165, 1.54) is 11.8 Å². The number of rotatable bonds is 2. The molecule has 0 fully saturated rings. The maximum Gasteiger partial charge on any atom is 0.285 e. The Balaban J connectivity index is 1.89. The number of H-pyrrole nitrogens is 1. The lowest BCUT2D eigenvalue weighted by Crippen LogP contribution is -2.10. The van der Waals surface area contributed by atoms with Gasteiger partial charge in [-0.15, -0.1) is 0 Å². The molecular formula is C13H11ClN4O. The van der Waals surface area contributed by atoms with Crippen molar-refractivity contribution >= 4 is 23.0 Å². The Morgan fingerprint density at radius 3 is 3.05 bits per heavy atom. The number of nitrogens with one attached hydrogen (secondary N) is 2. The smallest absolute Gasteiger partial charge is 0.275 e. The first-order chi connectivity index (χ1) is 9.25. The van der Waals surface area contributed by atoms with Crippen LogP contribution in [0.5, 0.6) is 0 Å². The molecule has 0 amide bonds. The van der Waals surface area contributed by atoms with Gasteiger partial charge in [-0.3, -0.25) is 10.2 Å². The van der Waals surface area contributed by atoms with E-state index in [-0.39, 0.29) is 5.02 Å². The molecule has 0 bridgehead atoms. The number of benzene rings is 1. The SMILES string of the molecule is O=c1[nH]ncc(N/N=C2/CCc3ccccc32)c1Cl. The summed E-state index contributed by atoms with van der Waals surface area (Å²) < 4.78 is 0. The predicted molar refractivity (Wildman–Crippen MR) is 74.8 cm³/mol. The van der Waals surface area contributed by atoms with Gasteiger partial charge >= 0.3 is 0 Å². The molecule has 2 aromatic rings. The van der Waals surface area contributed by atoms with Crippen molar-refractivity contribution in [2.75, 3.05) is 5.43 Å². The Morgan fingerprint density at radius 1 is 1.32 bits per heavy atom. The lowest BCUT2D eigenvalue weighted by molar-refractivity contribution is 0.986. The van der Waals surface area contributed by atoms with E-state index in [9.17, 15) is 4.79 Å². The van der Waals surface area contributed by atoms with E-state index in [1.54, 1.807) is 0 Å². The van der Waals surface area contributed by atoms with E-state index in [0.717, 1.165) is 24.1 Å². The second kappa shape index (κ2) is 4.85. The summed E-state index contributed by atoms with van der Waals surface area (Å²) in [5, 5.41) is 10.3. The van der Waals surface area contributed by atoms with Crippen molar-refractivity contribution in [3.05, 3.63) is 57.0 Å². The summed E-state index contributed by atoms with van der Waals surface area (Å²) in [4.78, 5) is 11.3. The molecule has 0 saturated heterocycles. The van der Waals surface area contributed by atoms with Gasteiger partial charge in [0, 0.05) is 5.56 Å². The van der Waals surface area contributed by atoms with Gasteiger partial charge in [0.2, 0.25) is 0 Å². The Bertz CT molecular complexity index is 708. The first kappa shape index (κ1) is 11.9. The molecule has 0 unspecified atom stereocenters. The molecule has 0 aliphatic heterocycles. The monoisotopic (exact) mass is 274 g/mol. The number of aromatic nitrogens is 2. The van der Waals surface area contributed by atoms with Crippen LogP contribution < -0.4 is 11.0 Å². The van der Waals surface area contributed by atoms with Crippen molar-refractivity contribution in [3.8, 4) is 0 Å². The van der Waals surface area contributed by atoms with Gasteiger partial charge in [0.1, 0.15) is 10.7 Å². The molecule has 5 nitrogen and oxygen atoms in total. The number of aromatic amines is 1. The van der Waals surface area contributed by atoms with Gasteiger partial charge in [0.15, 0.2) is 0 Å². The highest BCUT2D eigenvalue weighted by atomic mass is 35.5. The maximum atomic E-state index is 11.3. The fourth-order valence-corrected chi connectivity index (χ4v) is 2.25. The average Bonchev–Trinajstić information content (AvgIpc) is 2.84. The molecule has 0 atom stereocenters. The fourth-order valence-electron chi connectivity index (χ4n) is 2.11. The molecule has 1 aliphatic carbocycles. The molecule has 1 aromatic heterocycles. The van der Waals surface area contributed by atoms with Gasteiger partial charge < -0.3 is 0 Å². The van der Waals surface area contributed by atoms with Crippen LogP contribution in [-0.2, 0) is 6.42 Å². The van der Waals surface area contributed by atoms with Crippen LogP contribution in [0.15, 0.2) is 40.4 Å². The first-order valence-electron chi connectivity index (χ1n) is 5.90. The zero-order valence-electron chi connectivity index (χ0n) is 9.98. The largest absolute Gasteiger partial charge is 0.285 e. The Kier molecular flexibility index (Phi) is 3.05. The number of hydrazone groups is 1. The molecule has 1 aromatic carbocycles. The molecule has 6 heteroatoms. The van der Waals surface area contributed by atoms with Crippen LogP contribution in [0, 0.1) is 0 Å². The highest BCUT2D eigenvalue weighted by Crippen LogP contribution is 2.23. The van der Waals surface area contributed by atoms with Gasteiger partial charge in [-0.2, -0.15) is 10.2 Å². The number of nitrogens with zero attached hydrogens (tertiary/aromatic N) is 2. The lowest BCUT2D eigenvalue weighted by atomic mass is 10.1. The van der Waals surface area contributed by atoms with Crippen LogP contribution in [0.25, 0.3) is 0 Å². The van der Waals surface area contributed by atoms with Gasteiger partial charge in [-0.25, -0.2) is 5.10 Å². The molecule has 3 rings (SSSR count). The number of anilines is 1. The topological polar surface area (TPSA) is 70.1 Å². The highest BCUT2D eigenvalue weighted by Gasteiger charge is 2.16. The van der Waals surface area contributed by atoms with Gasteiger partial charge in [0.25, 0.3) is 5.56 Å². The number of halogens is 1. The fraction of sp³-hybridized carbons (Fsp3) is 0.154. The normalized spacial score (nSPS) is 15.5. The lowest BCUT2D eigenvalue weighted by Gasteiger charge is -2.03. The summed E-state index contributed by atoms with van der Waals surface area (Å²) in [6.07, 6.45) is 3.30. The molecule has 0 spiro atoms. The molecular weight excluding hydrogens is 264 g/mol. The maximum absolute atomic E-state index is 11.3. The predicted octanol–water partition coefficient (Wildman–Crippen LogP) is 2.19. The van der Waals surface area contributed by atoms with E-state index in [1.807, 2.05) is 18.2 Å². The quantitative estimate of drug-likeness (QED) is 0.825. The van der Waals surface area contributed by atoms with Gasteiger partial charge in [0.05, 0.1) is 11.9 Å². The molecule has 0 radical (unpaired) electrons. The van der Waals surface area contributed by atoms with Crippen LogP contribution in [-0.4, -0.2) is 15.9 Å². The summed E-state index contributed by atoms with van der Waals surface area (Å²) in [7, 11) is 0. The van der Waals surface area contributed by atoms with Crippen molar-refractivity contribution in [1.82, 2.24) is 10.2 Å². The zero-order valence-corrected chi connectivity index (χ0v) is 10.7. The Hall–Kier alpha value is -2.14. The minimum atomic E-state index is -0.432. The standard InChI is InChI=1S/C13H11ClN4O/c14-12-11(7-15-18-13(12)19)17-16-10-6-5-8-3-1-2-4-9(8)10/h1-4,7H,5-6H2,(H2,17,18,19)/b16-10-. The second-order valence-electron chi connectivity index (χ2n) is 4.25. The summed E-state index contributed by atoms with van der Waals surface area (Å²) in [5.74, 6) is 0. The van der Waals surface area contributed by atoms with E-state index in [0.29, 0.717) is 5.69 Å². The van der Waals surface area contributed by atoms with E-state index < -0.39 is 5.56 Å². The minimum absolute atomic E-state index is 0.0608. The molecule has 19 heavy (non-hydrogen) atoms. The zero-order chi connectivity index (χ0) is 13.2. The average molecular weight is 275 g/mol. The van der Waals surface area contributed by atoms with Crippen molar-refractivity contribution < 1.29 is 0 Å². The second-order valence-corrected chi connectivity index (χ2v) is 4.63. The third-order valence-electron chi connectivity index (χ3n) is 3.07. The third-order valence-corrected chi connectivity index (χ3v) is 3.44. The van der Waals surface area contributed by atoms with E-state index >= 15 is 0 Å². The summed E-state index contributed by atoms with van der Waals surface area (Å²) in [5.41, 5.74) is 6.18. The van der Waals surface area contributed by atoms with Crippen LogP contribution in [0.2, 0.25) is 5.02 Å². The molecule has 1 heterocycles. The summed E-state index contributed by atoms with van der Waals surface area (Å²) in [6.45, 7) is 0. The summed E-state index contributed by atoms with van der Waals surface area (Å²) in [6, 6.07) is 8.15. The third kappa shape index (κ3) is 2.24. The van der Waals surface area contributed by atoms with Gasteiger partial charge in [-0.1, -0.05) is 35.9 Å². The van der Waals surface area contributed by atoms with E-state index in [2.05, 4.69) is 26.8 Å². The Labute approximate surface area is 114 Å². The highest BCUT2D eigenvalue weighted by molar-refractivity contribution is 6.32. The molecule has 0 saturated carbocycles. The number of aryl methyl sites for hydroxylation is 1. The number of hydrogen-bond donors (Lipinski definition) is 2. The Morgan fingerprint density at radius 2 is 2.16 bits per heavy atom. The van der Waals surface area contributed by atoms with Gasteiger partial charge in [-0.05, 0) is 18.4 Å². The number of hydrogen-bond acceptors (Lipinski definition) is 4. The van der Waals surface area contributed by atoms with E-state index in [4.69, 9.17) is 11.6 Å². The van der Waals surface area contributed by atoms with Crippen molar-refractivity contribution in [1.29, 1.82) is 0 Å². The number of fused-ring (bicyclic) bond motifs is 1. The minimum Gasteiger partial charge on any atom is -0.275 e. The van der Waals surface area contributed by atoms with Crippen molar-refractivity contribution in [3.63, 3.8) is 0 Å². The molecule has 2 N–H and O–H groups in total. The van der Waals surface area contributed by atoms with Crippen LogP contribution >= 0.6 is 11.6 Å².